The first-order chi connectivity index (χ1) is 9.63. The standard InChI is InChI=1S/C12H12N4O3S/c13-10(17)6-19-9-3-1-2-8(4-9)5-14-16-12-15-11(18)7-20-12/h1-5H,6-7H2,(H2,13,17)(H,15,16,18). The zero-order valence-corrected chi connectivity index (χ0v) is 11.2. The van der Waals surface area contributed by atoms with Crippen molar-refractivity contribution in [3.05, 3.63) is 29.8 Å². The Kier molecular flexibility index (Phi) is 4.72. The van der Waals surface area contributed by atoms with Gasteiger partial charge >= 0.3 is 0 Å². The number of thioether (sulfide) groups is 1. The predicted octanol–water partition coefficient (Wildman–Crippen LogP) is 0.104. The number of amides is 2. The molecule has 0 bridgehead atoms. The smallest absolute Gasteiger partial charge is 0.255 e. The lowest BCUT2D eigenvalue weighted by Gasteiger charge is -2.03. The number of amidine groups is 1. The average Bonchev–Trinajstić information content (AvgIpc) is 2.83. The summed E-state index contributed by atoms with van der Waals surface area (Å²) in [6.07, 6.45) is 1.52. The molecule has 2 amide bonds. The van der Waals surface area contributed by atoms with Gasteiger partial charge in [-0.05, 0) is 17.7 Å². The number of hydrogen-bond acceptors (Lipinski definition) is 6. The number of nitrogens with two attached hydrogens (primary N) is 1. The fourth-order valence-corrected chi connectivity index (χ4v) is 2.00. The Balaban J connectivity index is 1.97. The van der Waals surface area contributed by atoms with E-state index in [-0.39, 0.29) is 12.5 Å². The van der Waals surface area contributed by atoms with Gasteiger partial charge in [-0.25, -0.2) is 0 Å². The van der Waals surface area contributed by atoms with Crippen LogP contribution in [0.15, 0.2) is 34.5 Å². The van der Waals surface area contributed by atoms with Gasteiger partial charge in [0.1, 0.15) is 5.75 Å². The van der Waals surface area contributed by atoms with Gasteiger partial charge in [0, 0.05) is 0 Å². The minimum absolute atomic E-state index is 0.0780. The first-order valence-electron chi connectivity index (χ1n) is 5.68. The van der Waals surface area contributed by atoms with E-state index in [1.54, 1.807) is 24.3 Å². The molecule has 1 aromatic carbocycles. The highest BCUT2D eigenvalue weighted by Gasteiger charge is 2.15. The van der Waals surface area contributed by atoms with Crippen molar-refractivity contribution in [3.63, 3.8) is 0 Å². The lowest BCUT2D eigenvalue weighted by atomic mass is 10.2. The highest BCUT2D eigenvalue weighted by atomic mass is 32.2. The van der Waals surface area contributed by atoms with Crippen LogP contribution in [-0.4, -0.2) is 35.6 Å². The number of nitrogens with zero attached hydrogens (tertiary/aromatic N) is 2. The van der Waals surface area contributed by atoms with Crippen LogP contribution in [0.4, 0.5) is 0 Å². The summed E-state index contributed by atoms with van der Waals surface area (Å²) in [4.78, 5) is 21.6. The summed E-state index contributed by atoms with van der Waals surface area (Å²) in [6, 6.07) is 6.98. The summed E-state index contributed by atoms with van der Waals surface area (Å²) < 4.78 is 5.17. The molecule has 1 aliphatic rings. The minimum atomic E-state index is -0.538. The number of rotatable bonds is 5. The third-order valence-electron chi connectivity index (χ3n) is 2.18. The second-order valence-corrected chi connectivity index (χ2v) is 4.78. The molecule has 0 radical (unpaired) electrons. The summed E-state index contributed by atoms with van der Waals surface area (Å²) in [5.74, 6) is 0.268. The Morgan fingerprint density at radius 1 is 1.55 bits per heavy atom. The summed E-state index contributed by atoms with van der Waals surface area (Å²) in [6.45, 7) is -0.175. The SMILES string of the molecule is NC(=O)COc1cccc(C=NN=C2NC(=O)CS2)c1. The van der Waals surface area contributed by atoms with Crippen LogP contribution in [0.5, 0.6) is 5.75 Å². The molecule has 1 saturated heterocycles. The van der Waals surface area contributed by atoms with E-state index in [4.69, 9.17) is 10.5 Å². The predicted molar refractivity (Wildman–Crippen MR) is 76.8 cm³/mol. The number of benzene rings is 1. The number of ether oxygens (including phenoxy) is 1. The molecule has 0 aromatic heterocycles. The van der Waals surface area contributed by atoms with Gasteiger partial charge in [0.2, 0.25) is 5.91 Å². The largest absolute Gasteiger partial charge is 0.484 e. The van der Waals surface area contributed by atoms with Crippen LogP contribution in [0.25, 0.3) is 0 Å². The molecular weight excluding hydrogens is 280 g/mol. The fourth-order valence-electron chi connectivity index (χ4n) is 1.37. The van der Waals surface area contributed by atoms with E-state index in [0.717, 1.165) is 5.56 Å². The molecule has 1 heterocycles. The normalized spacial score (nSPS) is 16.6. The van der Waals surface area contributed by atoms with Crippen molar-refractivity contribution in [2.45, 2.75) is 0 Å². The molecule has 1 aliphatic heterocycles. The van der Waals surface area contributed by atoms with Crippen molar-refractivity contribution in [3.8, 4) is 5.75 Å². The molecule has 0 atom stereocenters. The number of carbonyl (C=O) groups is 2. The van der Waals surface area contributed by atoms with Gasteiger partial charge in [-0.15, -0.1) is 5.10 Å². The third-order valence-corrected chi connectivity index (χ3v) is 3.04. The van der Waals surface area contributed by atoms with Gasteiger partial charge in [0.15, 0.2) is 11.8 Å². The first-order valence-corrected chi connectivity index (χ1v) is 6.67. The molecule has 8 heteroatoms. The van der Waals surface area contributed by atoms with Crippen molar-refractivity contribution >= 4 is 35.0 Å². The highest BCUT2D eigenvalue weighted by Crippen LogP contribution is 2.12. The van der Waals surface area contributed by atoms with E-state index in [0.29, 0.717) is 16.7 Å². The fraction of sp³-hybridized carbons (Fsp3) is 0.167. The van der Waals surface area contributed by atoms with Gasteiger partial charge in [-0.3, -0.25) is 9.59 Å². The Hall–Kier alpha value is -2.35. The zero-order chi connectivity index (χ0) is 14.4. The van der Waals surface area contributed by atoms with Crippen LogP contribution in [0, 0.1) is 0 Å². The molecule has 3 N–H and O–H groups in total. The van der Waals surface area contributed by atoms with E-state index in [1.807, 2.05) is 0 Å². The Morgan fingerprint density at radius 3 is 3.10 bits per heavy atom. The number of primary amides is 1. The van der Waals surface area contributed by atoms with E-state index in [1.165, 1.54) is 18.0 Å². The van der Waals surface area contributed by atoms with Crippen LogP contribution >= 0.6 is 11.8 Å². The molecule has 0 saturated carbocycles. The van der Waals surface area contributed by atoms with Gasteiger partial charge in [-0.2, -0.15) is 5.10 Å². The second kappa shape index (κ2) is 6.71. The summed E-state index contributed by atoms with van der Waals surface area (Å²) in [7, 11) is 0. The first kappa shape index (κ1) is 14.1. The van der Waals surface area contributed by atoms with E-state index >= 15 is 0 Å². The number of hydrogen-bond donors (Lipinski definition) is 2. The maximum atomic E-state index is 10.9. The molecular formula is C12H12N4O3S. The van der Waals surface area contributed by atoms with Crippen molar-refractivity contribution in [1.82, 2.24) is 5.32 Å². The molecule has 1 fully saturated rings. The van der Waals surface area contributed by atoms with E-state index in [2.05, 4.69) is 15.5 Å². The van der Waals surface area contributed by atoms with Gasteiger partial charge < -0.3 is 15.8 Å². The van der Waals surface area contributed by atoms with Crippen molar-refractivity contribution < 1.29 is 14.3 Å². The van der Waals surface area contributed by atoms with Crippen LogP contribution < -0.4 is 15.8 Å². The van der Waals surface area contributed by atoms with Crippen molar-refractivity contribution in [2.75, 3.05) is 12.4 Å². The van der Waals surface area contributed by atoms with Crippen molar-refractivity contribution in [1.29, 1.82) is 0 Å². The van der Waals surface area contributed by atoms with Crippen LogP contribution in [0.1, 0.15) is 5.56 Å². The van der Waals surface area contributed by atoms with Gasteiger partial charge in [-0.1, -0.05) is 23.9 Å². The second-order valence-electron chi connectivity index (χ2n) is 3.81. The van der Waals surface area contributed by atoms with Crippen LogP contribution in [0.3, 0.4) is 0 Å². The number of carbonyl (C=O) groups excluding carboxylic acids is 2. The molecule has 104 valence electrons. The topological polar surface area (TPSA) is 106 Å². The summed E-state index contributed by atoms with van der Waals surface area (Å²) in [5.41, 5.74) is 5.75. The lowest BCUT2D eigenvalue weighted by molar-refractivity contribution is -0.120. The van der Waals surface area contributed by atoms with Crippen LogP contribution in [-0.2, 0) is 9.59 Å². The quantitative estimate of drug-likeness (QED) is 0.593. The Morgan fingerprint density at radius 2 is 2.40 bits per heavy atom. The van der Waals surface area contributed by atoms with Crippen LogP contribution in [0.2, 0.25) is 0 Å². The molecule has 0 spiro atoms. The maximum Gasteiger partial charge on any atom is 0.255 e. The van der Waals surface area contributed by atoms with E-state index in [9.17, 15) is 9.59 Å². The summed E-state index contributed by atoms with van der Waals surface area (Å²) in [5, 5.41) is 10.8. The Labute approximate surface area is 119 Å². The minimum Gasteiger partial charge on any atom is -0.484 e. The molecule has 2 rings (SSSR count). The monoisotopic (exact) mass is 292 g/mol. The van der Waals surface area contributed by atoms with Gasteiger partial charge in [0.05, 0.1) is 12.0 Å². The average molecular weight is 292 g/mol. The van der Waals surface area contributed by atoms with E-state index < -0.39 is 5.91 Å². The molecule has 7 nitrogen and oxygen atoms in total. The maximum absolute atomic E-state index is 10.9. The molecule has 1 aromatic rings. The molecule has 20 heavy (non-hydrogen) atoms. The Bertz CT molecular complexity index is 586. The molecule has 0 unspecified atom stereocenters. The third kappa shape index (κ3) is 4.39. The number of nitrogens with one attached hydrogen (secondary N) is 1. The summed E-state index contributed by atoms with van der Waals surface area (Å²) >= 11 is 1.30. The molecule has 0 aliphatic carbocycles. The lowest BCUT2D eigenvalue weighted by Crippen LogP contribution is -2.20. The zero-order valence-electron chi connectivity index (χ0n) is 10.4. The van der Waals surface area contributed by atoms with Gasteiger partial charge in [0.25, 0.3) is 5.91 Å². The highest BCUT2D eigenvalue weighted by molar-refractivity contribution is 8.15. The van der Waals surface area contributed by atoms with Crippen molar-refractivity contribution in [2.24, 2.45) is 15.9 Å².